The molecule has 0 aliphatic heterocycles. The second-order valence-corrected chi connectivity index (χ2v) is 4.61. The van der Waals surface area contributed by atoms with Crippen molar-refractivity contribution in [1.29, 1.82) is 0 Å². The Morgan fingerprint density at radius 2 is 2.11 bits per heavy atom. The summed E-state index contributed by atoms with van der Waals surface area (Å²) >= 11 is 0. The van der Waals surface area contributed by atoms with Gasteiger partial charge in [0.2, 0.25) is 5.91 Å². The fraction of sp³-hybridized carbons (Fsp3) is 0.385. The van der Waals surface area contributed by atoms with E-state index in [-0.39, 0.29) is 23.1 Å². The number of amides is 1. The molecule has 1 aliphatic rings. The predicted octanol–water partition coefficient (Wildman–Crippen LogP) is 2.51. The van der Waals surface area contributed by atoms with Crippen LogP contribution in [0.15, 0.2) is 18.2 Å². The highest BCUT2D eigenvalue weighted by atomic mass is 19.1. The molecule has 2 N–H and O–H groups in total. The third-order valence-corrected chi connectivity index (χ3v) is 3.21. The molecule has 1 atom stereocenters. The number of hydrogen-bond donors (Lipinski definition) is 2. The van der Waals surface area contributed by atoms with E-state index in [1.165, 1.54) is 6.07 Å². The van der Waals surface area contributed by atoms with Gasteiger partial charge in [0.05, 0.1) is 11.3 Å². The van der Waals surface area contributed by atoms with Gasteiger partial charge in [-0.05, 0) is 37.0 Å². The van der Waals surface area contributed by atoms with E-state index >= 15 is 0 Å². The molecular formula is C13H14FNO3. The standard InChI is InChI=1S/C13H14FNO3/c1-7(8-2-3-8)12(16)15-11-5-4-9(14)6-10(11)13(17)18/h4-8H,2-3H2,1H3,(H,15,16)(H,17,18). The van der Waals surface area contributed by atoms with Crippen LogP contribution in [-0.2, 0) is 4.79 Å². The lowest BCUT2D eigenvalue weighted by molar-refractivity contribution is -0.119. The fourth-order valence-electron chi connectivity index (χ4n) is 1.86. The highest BCUT2D eigenvalue weighted by Crippen LogP contribution is 2.37. The molecule has 4 nitrogen and oxygen atoms in total. The van der Waals surface area contributed by atoms with Crippen LogP contribution in [0.5, 0.6) is 0 Å². The molecule has 1 aliphatic carbocycles. The van der Waals surface area contributed by atoms with Crippen molar-refractivity contribution in [3.8, 4) is 0 Å². The highest BCUT2D eigenvalue weighted by molar-refractivity contribution is 6.01. The summed E-state index contributed by atoms with van der Waals surface area (Å²) in [6.45, 7) is 1.82. The normalized spacial score (nSPS) is 16.1. The van der Waals surface area contributed by atoms with E-state index in [4.69, 9.17) is 5.11 Å². The van der Waals surface area contributed by atoms with E-state index in [2.05, 4.69) is 5.32 Å². The second kappa shape index (κ2) is 4.76. The molecule has 1 fully saturated rings. The number of carboxylic acids is 1. The quantitative estimate of drug-likeness (QED) is 0.864. The fourth-order valence-corrected chi connectivity index (χ4v) is 1.86. The Hall–Kier alpha value is -1.91. The molecule has 5 heteroatoms. The van der Waals surface area contributed by atoms with Crippen molar-refractivity contribution < 1.29 is 19.1 Å². The average molecular weight is 251 g/mol. The van der Waals surface area contributed by atoms with E-state index in [0.29, 0.717) is 5.92 Å². The van der Waals surface area contributed by atoms with E-state index < -0.39 is 11.8 Å². The maximum Gasteiger partial charge on any atom is 0.337 e. The Bertz CT molecular complexity index is 497. The van der Waals surface area contributed by atoms with Crippen LogP contribution in [0, 0.1) is 17.7 Å². The Morgan fingerprint density at radius 3 is 2.67 bits per heavy atom. The van der Waals surface area contributed by atoms with Gasteiger partial charge in [-0.15, -0.1) is 0 Å². The molecule has 0 radical (unpaired) electrons. The van der Waals surface area contributed by atoms with Gasteiger partial charge in [-0.2, -0.15) is 0 Å². The topological polar surface area (TPSA) is 66.4 Å². The van der Waals surface area contributed by atoms with Crippen molar-refractivity contribution in [3.05, 3.63) is 29.6 Å². The number of aromatic carboxylic acids is 1. The van der Waals surface area contributed by atoms with Crippen LogP contribution in [0.4, 0.5) is 10.1 Å². The zero-order chi connectivity index (χ0) is 13.3. The Balaban J connectivity index is 2.17. The van der Waals surface area contributed by atoms with E-state index in [1.807, 2.05) is 6.92 Å². The number of benzene rings is 1. The smallest absolute Gasteiger partial charge is 0.337 e. The van der Waals surface area contributed by atoms with Gasteiger partial charge in [0, 0.05) is 5.92 Å². The molecule has 96 valence electrons. The predicted molar refractivity (Wildman–Crippen MR) is 63.9 cm³/mol. The summed E-state index contributed by atoms with van der Waals surface area (Å²) in [7, 11) is 0. The van der Waals surface area contributed by atoms with Crippen molar-refractivity contribution in [3.63, 3.8) is 0 Å². The van der Waals surface area contributed by atoms with Crippen LogP contribution in [0.2, 0.25) is 0 Å². The summed E-state index contributed by atoms with van der Waals surface area (Å²) in [5.74, 6) is -1.87. The zero-order valence-corrected chi connectivity index (χ0v) is 9.94. The van der Waals surface area contributed by atoms with Crippen LogP contribution in [-0.4, -0.2) is 17.0 Å². The minimum atomic E-state index is -1.26. The first-order chi connectivity index (χ1) is 8.49. The van der Waals surface area contributed by atoms with Crippen molar-refractivity contribution in [2.24, 2.45) is 11.8 Å². The SMILES string of the molecule is CC(C(=O)Nc1ccc(F)cc1C(=O)O)C1CC1. The Labute approximate surface area is 104 Å². The van der Waals surface area contributed by atoms with Crippen molar-refractivity contribution in [2.75, 3.05) is 5.32 Å². The molecule has 0 bridgehead atoms. The molecule has 2 rings (SSSR count). The molecule has 0 spiro atoms. The van der Waals surface area contributed by atoms with Gasteiger partial charge in [0.15, 0.2) is 0 Å². The molecule has 1 saturated carbocycles. The lowest BCUT2D eigenvalue weighted by atomic mass is 10.1. The molecule has 18 heavy (non-hydrogen) atoms. The van der Waals surface area contributed by atoms with E-state index in [9.17, 15) is 14.0 Å². The van der Waals surface area contributed by atoms with Gasteiger partial charge in [-0.1, -0.05) is 6.92 Å². The van der Waals surface area contributed by atoms with Crippen LogP contribution in [0.3, 0.4) is 0 Å². The first-order valence-corrected chi connectivity index (χ1v) is 5.82. The number of nitrogens with one attached hydrogen (secondary N) is 1. The van der Waals surface area contributed by atoms with Gasteiger partial charge < -0.3 is 10.4 Å². The summed E-state index contributed by atoms with van der Waals surface area (Å²) in [5.41, 5.74) is -0.0900. The molecule has 0 saturated heterocycles. The van der Waals surface area contributed by atoms with Crippen molar-refractivity contribution in [1.82, 2.24) is 0 Å². The maximum atomic E-state index is 13.0. The molecule has 0 aromatic heterocycles. The lowest BCUT2D eigenvalue weighted by Crippen LogP contribution is -2.23. The monoisotopic (exact) mass is 251 g/mol. The number of carboxylic acid groups (broad SMARTS) is 1. The number of halogens is 1. The summed E-state index contributed by atoms with van der Waals surface area (Å²) in [6.07, 6.45) is 2.06. The molecule has 1 unspecified atom stereocenters. The number of anilines is 1. The van der Waals surface area contributed by atoms with Crippen molar-refractivity contribution >= 4 is 17.6 Å². The molecule has 0 heterocycles. The summed E-state index contributed by atoms with van der Waals surface area (Å²) in [4.78, 5) is 22.8. The number of rotatable bonds is 4. The average Bonchev–Trinajstić information content (AvgIpc) is 3.14. The minimum absolute atomic E-state index is 0.140. The Morgan fingerprint density at radius 1 is 1.44 bits per heavy atom. The van der Waals surface area contributed by atoms with Gasteiger partial charge in [0.25, 0.3) is 0 Å². The number of carbonyl (C=O) groups is 2. The van der Waals surface area contributed by atoms with E-state index in [1.54, 1.807) is 0 Å². The van der Waals surface area contributed by atoms with Crippen molar-refractivity contribution in [2.45, 2.75) is 19.8 Å². The van der Waals surface area contributed by atoms with Crippen LogP contribution >= 0.6 is 0 Å². The second-order valence-electron chi connectivity index (χ2n) is 4.61. The lowest BCUT2D eigenvalue weighted by Gasteiger charge is -2.12. The van der Waals surface area contributed by atoms with Crippen LogP contribution in [0.25, 0.3) is 0 Å². The van der Waals surface area contributed by atoms with Gasteiger partial charge in [-0.3, -0.25) is 4.79 Å². The number of carbonyl (C=O) groups excluding carboxylic acids is 1. The van der Waals surface area contributed by atoms with Gasteiger partial charge in [-0.25, -0.2) is 9.18 Å². The Kier molecular flexibility index (Phi) is 3.32. The first-order valence-electron chi connectivity index (χ1n) is 5.82. The maximum absolute atomic E-state index is 13.0. The van der Waals surface area contributed by atoms with Gasteiger partial charge in [0.1, 0.15) is 5.82 Å². The summed E-state index contributed by atoms with van der Waals surface area (Å²) in [5, 5.41) is 11.5. The minimum Gasteiger partial charge on any atom is -0.478 e. The van der Waals surface area contributed by atoms with Crippen LogP contribution < -0.4 is 5.32 Å². The third kappa shape index (κ3) is 2.67. The first kappa shape index (κ1) is 12.5. The molecular weight excluding hydrogens is 237 g/mol. The number of hydrogen-bond acceptors (Lipinski definition) is 2. The molecule has 1 amide bonds. The van der Waals surface area contributed by atoms with Gasteiger partial charge >= 0.3 is 5.97 Å². The summed E-state index contributed by atoms with van der Waals surface area (Å²) < 4.78 is 13.0. The van der Waals surface area contributed by atoms with Crippen LogP contribution in [0.1, 0.15) is 30.1 Å². The van der Waals surface area contributed by atoms with E-state index in [0.717, 1.165) is 25.0 Å². The summed E-state index contributed by atoms with van der Waals surface area (Å²) in [6, 6.07) is 3.31. The molecule has 1 aromatic carbocycles. The third-order valence-electron chi connectivity index (χ3n) is 3.21. The zero-order valence-electron chi connectivity index (χ0n) is 9.94. The largest absolute Gasteiger partial charge is 0.478 e. The molecule has 1 aromatic rings. The highest BCUT2D eigenvalue weighted by Gasteiger charge is 2.32.